The molecule has 0 aromatic carbocycles. The first-order valence-corrected chi connectivity index (χ1v) is 7.67. The first kappa shape index (κ1) is 16.9. The summed E-state index contributed by atoms with van der Waals surface area (Å²) in [4.78, 5) is 15.6. The van der Waals surface area contributed by atoms with Crippen molar-refractivity contribution < 1.29 is 13.9 Å². The first-order valence-electron chi connectivity index (χ1n) is 7.67. The van der Waals surface area contributed by atoms with Crippen LogP contribution in [-0.4, -0.2) is 71.1 Å². The fourth-order valence-electron chi connectivity index (χ4n) is 2.81. The van der Waals surface area contributed by atoms with Gasteiger partial charge >= 0.3 is 0 Å². The molecule has 2 heterocycles. The highest BCUT2D eigenvalue weighted by Crippen LogP contribution is 2.23. The molecule has 6 nitrogen and oxygen atoms in total. The largest absolute Gasteiger partial charge is 0.372 e. The number of carbonyl (C=O) groups excluding carboxylic acids is 1. The molecule has 0 bridgehead atoms. The molecule has 124 valence electrons. The van der Waals surface area contributed by atoms with E-state index in [2.05, 4.69) is 10.00 Å². The van der Waals surface area contributed by atoms with Crippen LogP contribution in [0, 0.1) is 0 Å². The third-order valence-corrected chi connectivity index (χ3v) is 3.96. The third-order valence-electron chi connectivity index (χ3n) is 3.96. The van der Waals surface area contributed by atoms with Crippen LogP contribution in [0.15, 0.2) is 12.4 Å². The van der Waals surface area contributed by atoms with Gasteiger partial charge in [0.1, 0.15) is 12.8 Å². The Bertz CT molecular complexity index is 494. The van der Waals surface area contributed by atoms with Crippen LogP contribution in [0.1, 0.15) is 18.9 Å². The summed E-state index contributed by atoms with van der Waals surface area (Å²) in [5, 5.41) is 4.14. The lowest BCUT2D eigenvalue weighted by atomic mass is 10.2. The SMILES string of the molecule is CCOCC(=O)N(C)C[C@@H]1C[C@H](F)CN1Cc1cnn(C)c1. The molecule has 1 fully saturated rings. The number of likely N-dealkylation sites (N-methyl/N-ethyl adjacent to an activating group) is 1. The van der Waals surface area contributed by atoms with Crippen molar-refractivity contribution in [2.24, 2.45) is 7.05 Å². The van der Waals surface area contributed by atoms with Gasteiger partial charge in [0.15, 0.2) is 0 Å². The number of alkyl halides is 1. The Labute approximate surface area is 130 Å². The van der Waals surface area contributed by atoms with Crippen LogP contribution in [0.25, 0.3) is 0 Å². The molecule has 7 heteroatoms. The van der Waals surface area contributed by atoms with E-state index < -0.39 is 6.17 Å². The predicted molar refractivity (Wildman–Crippen MR) is 81.0 cm³/mol. The molecule has 0 aliphatic carbocycles. The lowest BCUT2D eigenvalue weighted by molar-refractivity contribution is -0.135. The second-order valence-corrected chi connectivity index (χ2v) is 5.85. The molecule has 0 spiro atoms. The van der Waals surface area contributed by atoms with Gasteiger partial charge in [-0.15, -0.1) is 0 Å². The quantitative estimate of drug-likeness (QED) is 0.748. The predicted octanol–water partition coefficient (Wildman–Crippen LogP) is 0.827. The van der Waals surface area contributed by atoms with Gasteiger partial charge in [0.25, 0.3) is 0 Å². The molecule has 2 rings (SSSR count). The van der Waals surface area contributed by atoms with E-state index in [1.165, 1.54) is 0 Å². The second-order valence-electron chi connectivity index (χ2n) is 5.85. The molecule has 1 aliphatic rings. The molecular formula is C15H25FN4O2. The smallest absolute Gasteiger partial charge is 0.248 e. The van der Waals surface area contributed by atoms with E-state index in [0.29, 0.717) is 32.7 Å². The van der Waals surface area contributed by atoms with Crippen LogP contribution < -0.4 is 0 Å². The van der Waals surface area contributed by atoms with Gasteiger partial charge in [0.2, 0.25) is 5.91 Å². The fourth-order valence-corrected chi connectivity index (χ4v) is 2.81. The van der Waals surface area contributed by atoms with Crippen molar-refractivity contribution in [3.8, 4) is 0 Å². The first-order chi connectivity index (χ1) is 10.5. The number of amides is 1. The monoisotopic (exact) mass is 312 g/mol. The fraction of sp³-hybridized carbons (Fsp3) is 0.733. The maximum Gasteiger partial charge on any atom is 0.248 e. The minimum Gasteiger partial charge on any atom is -0.372 e. The van der Waals surface area contributed by atoms with Crippen molar-refractivity contribution >= 4 is 5.91 Å². The van der Waals surface area contributed by atoms with Gasteiger partial charge in [-0.3, -0.25) is 14.4 Å². The van der Waals surface area contributed by atoms with Gasteiger partial charge in [0.05, 0.1) is 6.20 Å². The van der Waals surface area contributed by atoms with E-state index in [9.17, 15) is 9.18 Å². The highest BCUT2D eigenvalue weighted by atomic mass is 19.1. The van der Waals surface area contributed by atoms with Gasteiger partial charge in [-0.1, -0.05) is 0 Å². The molecule has 22 heavy (non-hydrogen) atoms. The van der Waals surface area contributed by atoms with Crippen molar-refractivity contribution in [2.75, 3.05) is 33.4 Å². The van der Waals surface area contributed by atoms with E-state index >= 15 is 0 Å². The van der Waals surface area contributed by atoms with Crippen LogP contribution >= 0.6 is 0 Å². The lowest BCUT2D eigenvalue weighted by Gasteiger charge is -2.28. The Balaban J connectivity index is 1.91. The Kier molecular flexibility index (Phi) is 5.90. The summed E-state index contributed by atoms with van der Waals surface area (Å²) in [6.07, 6.45) is 3.36. The van der Waals surface area contributed by atoms with Crippen LogP contribution in [0.4, 0.5) is 4.39 Å². The topological polar surface area (TPSA) is 50.6 Å². The average molecular weight is 312 g/mol. The third kappa shape index (κ3) is 4.51. The molecule has 2 atom stereocenters. The highest BCUT2D eigenvalue weighted by Gasteiger charge is 2.33. The van der Waals surface area contributed by atoms with E-state index in [-0.39, 0.29) is 18.6 Å². The van der Waals surface area contributed by atoms with Crippen LogP contribution in [0.5, 0.6) is 0 Å². The van der Waals surface area contributed by atoms with Gasteiger partial charge in [-0.05, 0) is 13.3 Å². The van der Waals surface area contributed by atoms with E-state index in [1.807, 2.05) is 20.2 Å². The minimum absolute atomic E-state index is 0.0331. The Morgan fingerprint density at radius 2 is 2.36 bits per heavy atom. The van der Waals surface area contributed by atoms with E-state index in [4.69, 9.17) is 4.74 Å². The van der Waals surface area contributed by atoms with Gasteiger partial charge in [-0.25, -0.2) is 4.39 Å². The Morgan fingerprint density at radius 3 is 3.00 bits per heavy atom. The summed E-state index contributed by atoms with van der Waals surface area (Å²) in [6, 6.07) is 0.0331. The molecule has 1 aliphatic heterocycles. The molecule has 1 amide bonds. The Morgan fingerprint density at radius 1 is 1.59 bits per heavy atom. The Hall–Kier alpha value is -1.47. The normalized spacial score (nSPS) is 22.2. The number of carbonyl (C=O) groups is 1. The van der Waals surface area contributed by atoms with E-state index in [1.54, 1.807) is 22.8 Å². The number of hydrogen-bond acceptors (Lipinski definition) is 4. The van der Waals surface area contributed by atoms with Crippen LogP contribution in [0.2, 0.25) is 0 Å². The summed E-state index contributed by atoms with van der Waals surface area (Å²) in [7, 11) is 3.61. The van der Waals surface area contributed by atoms with Gasteiger partial charge in [0, 0.05) is 58.1 Å². The molecule has 1 aromatic rings. The molecule has 0 saturated carbocycles. The van der Waals surface area contributed by atoms with E-state index in [0.717, 1.165) is 5.56 Å². The zero-order valence-electron chi connectivity index (χ0n) is 13.5. The maximum absolute atomic E-state index is 13.8. The number of ether oxygens (including phenoxy) is 1. The summed E-state index contributed by atoms with van der Waals surface area (Å²) < 4.78 is 20.7. The number of hydrogen-bond donors (Lipinski definition) is 0. The van der Waals surface area contributed by atoms with Crippen molar-refractivity contribution in [3.05, 3.63) is 18.0 Å². The number of rotatable bonds is 7. The molecule has 0 unspecified atom stereocenters. The maximum atomic E-state index is 13.8. The number of nitrogens with zero attached hydrogens (tertiary/aromatic N) is 4. The lowest BCUT2D eigenvalue weighted by Crippen LogP contribution is -2.42. The van der Waals surface area contributed by atoms with Crippen LogP contribution in [0.3, 0.4) is 0 Å². The second kappa shape index (κ2) is 7.69. The average Bonchev–Trinajstić information content (AvgIpc) is 3.02. The van der Waals surface area contributed by atoms with Crippen molar-refractivity contribution in [1.82, 2.24) is 19.6 Å². The number of likely N-dealkylation sites (tertiary alicyclic amines) is 1. The minimum atomic E-state index is -0.836. The number of aromatic nitrogens is 2. The van der Waals surface area contributed by atoms with Crippen molar-refractivity contribution in [2.45, 2.75) is 32.1 Å². The zero-order chi connectivity index (χ0) is 16.1. The van der Waals surface area contributed by atoms with Gasteiger partial charge < -0.3 is 9.64 Å². The summed E-state index contributed by atoms with van der Waals surface area (Å²) in [5.41, 5.74) is 1.06. The molecule has 1 aromatic heterocycles. The summed E-state index contributed by atoms with van der Waals surface area (Å²) in [6.45, 7) is 4.05. The molecule has 1 saturated heterocycles. The number of halogens is 1. The van der Waals surface area contributed by atoms with Crippen LogP contribution in [-0.2, 0) is 23.1 Å². The van der Waals surface area contributed by atoms with Crippen molar-refractivity contribution in [1.29, 1.82) is 0 Å². The van der Waals surface area contributed by atoms with Crippen molar-refractivity contribution in [3.63, 3.8) is 0 Å². The number of aryl methyl sites for hydroxylation is 1. The zero-order valence-corrected chi connectivity index (χ0v) is 13.5. The standard InChI is InChI=1S/C15H25FN4O2/c1-4-22-11-15(21)18(2)10-14-5-13(16)9-20(14)8-12-6-17-19(3)7-12/h6-7,13-14H,4-5,8-11H2,1-3H3/t13-,14-/m0/s1. The molecular weight excluding hydrogens is 287 g/mol. The summed E-state index contributed by atoms with van der Waals surface area (Å²) in [5.74, 6) is -0.0644. The van der Waals surface area contributed by atoms with Gasteiger partial charge in [-0.2, -0.15) is 5.10 Å². The highest BCUT2D eigenvalue weighted by molar-refractivity contribution is 5.77. The summed E-state index contributed by atoms with van der Waals surface area (Å²) >= 11 is 0. The molecule has 0 radical (unpaired) electrons. The molecule has 0 N–H and O–H groups in total.